The number of nitrogens with zero attached hydrogens (tertiary/aromatic N) is 3. The summed E-state index contributed by atoms with van der Waals surface area (Å²) >= 11 is 3.54. The van der Waals surface area contributed by atoms with Crippen molar-refractivity contribution in [2.45, 2.75) is 38.1 Å². The summed E-state index contributed by atoms with van der Waals surface area (Å²) in [6.07, 6.45) is 9.40. The molecule has 2 aliphatic rings. The van der Waals surface area contributed by atoms with Crippen LogP contribution in [0.3, 0.4) is 0 Å². The molecule has 1 saturated carbocycles. The summed E-state index contributed by atoms with van der Waals surface area (Å²) < 4.78 is 8.85. The van der Waals surface area contributed by atoms with Crippen molar-refractivity contribution >= 4 is 15.9 Å². The second-order valence-electron chi connectivity index (χ2n) is 6.71. The summed E-state index contributed by atoms with van der Waals surface area (Å²) in [7, 11) is 0. The molecule has 0 aromatic carbocycles. The van der Waals surface area contributed by atoms with Crippen LogP contribution in [0.5, 0.6) is 0 Å². The summed E-state index contributed by atoms with van der Waals surface area (Å²) in [5.41, 5.74) is 6.28. The van der Waals surface area contributed by atoms with Gasteiger partial charge < -0.3 is 4.42 Å². The first-order chi connectivity index (χ1) is 11.2. The maximum Gasteiger partial charge on any atom is 0.172 e. The van der Waals surface area contributed by atoms with Crippen LogP contribution in [0.25, 0.3) is 11.3 Å². The van der Waals surface area contributed by atoms with Gasteiger partial charge in [0.15, 0.2) is 4.67 Å². The lowest BCUT2D eigenvalue weighted by atomic mass is 9.83. The molecule has 1 spiro atoms. The predicted octanol–water partition coefficient (Wildman–Crippen LogP) is 4.25. The standard InChI is InChI=1S/C18H16BrN3O/c1-11-15-14(23-17(11)19)7-18(4-5-18)13-10-22(21-16(13)15)9-12-3-2-6-20-8-12/h2-3,6,8,10H,4-5,7,9H2,1H3. The minimum Gasteiger partial charge on any atom is -0.453 e. The van der Waals surface area contributed by atoms with Gasteiger partial charge in [0.05, 0.1) is 12.2 Å². The van der Waals surface area contributed by atoms with Crippen LogP contribution in [-0.2, 0) is 18.4 Å². The highest BCUT2D eigenvalue weighted by Crippen LogP contribution is 2.58. The molecular formula is C18H16BrN3O. The minimum atomic E-state index is 0.263. The third-order valence-electron chi connectivity index (χ3n) is 5.15. The topological polar surface area (TPSA) is 43.9 Å². The molecule has 0 bridgehead atoms. The van der Waals surface area contributed by atoms with Gasteiger partial charge in [-0.15, -0.1) is 0 Å². The molecule has 116 valence electrons. The molecule has 0 radical (unpaired) electrons. The molecule has 3 aromatic rings. The molecule has 3 aromatic heterocycles. The van der Waals surface area contributed by atoms with E-state index in [0.29, 0.717) is 0 Å². The Morgan fingerprint density at radius 3 is 3.00 bits per heavy atom. The molecule has 5 heteroatoms. The second kappa shape index (κ2) is 4.57. The normalized spacial score (nSPS) is 17.1. The van der Waals surface area contributed by atoms with Crippen molar-refractivity contribution in [1.29, 1.82) is 0 Å². The van der Waals surface area contributed by atoms with E-state index in [-0.39, 0.29) is 5.41 Å². The maximum atomic E-state index is 5.95. The lowest BCUT2D eigenvalue weighted by Crippen LogP contribution is -2.15. The monoisotopic (exact) mass is 369 g/mol. The zero-order chi connectivity index (χ0) is 15.6. The van der Waals surface area contributed by atoms with Crippen LogP contribution >= 0.6 is 15.9 Å². The first kappa shape index (κ1) is 13.5. The van der Waals surface area contributed by atoms with Gasteiger partial charge in [-0.3, -0.25) is 9.67 Å². The first-order valence-electron chi connectivity index (χ1n) is 7.91. The number of fused-ring (bicyclic) bond motifs is 4. The Morgan fingerprint density at radius 1 is 1.39 bits per heavy atom. The van der Waals surface area contributed by atoms with Crippen molar-refractivity contribution in [3.05, 3.63) is 57.8 Å². The smallest absolute Gasteiger partial charge is 0.172 e. The Morgan fingerprint density at radius 2 is 2.26 bits per heavy atom. The highest BCUT2D eigenvalue weighted by Gasteiger charge is 2.51. The number of furan rings is 1. The molecule has 0 saturated heterocycles. The molecule has 0 unspecified atom stereocenters. The van der Waals surface area contributed by atoms with Gasteiger partial charge in [-0.2, -0.15) is 5.10 Å². The van der Waals surface area contributed by atoms with Crippen LogP contribution in [0.4, 0.5) is 0 Å². The third-order valence-corrected chi connectivity index (χ3v) is 5.91. The Kier molecular flexibility index (Phi) is 2.69. The number of hydrogen-bond donors (Lipinski definition) is 0. The van der Waals surface area contributed by atoms with Crippen LogP contribution in [0, 0.1) is 6.92 Å². The van der Waals surface area contributed by atoms with E-state index >= 15 is 0 Å². The second-order valence-corrected chi connectivity index (χ2v) is 7.43. The molecule has 23 heavy (non-hydrogen) atoms. The maximum absolute atomic E-state index is 5.95. The lowest BCUT2D eigenvalue weighted by Gasteiger charge is -2.19. The number of halogens is 1. The van der Waals surface area contributed by atoms with Gasteiger partial charge >= 0.3 is 0 Å². The van der Waals surface area contributed by atoms with Crippen LogP contribution in [0.2, 0.25) is 0 Å². The van der Waals surface area contributed by atoms with Gasteiger partial charge in [0, 0.05) is 47.1 Å². The van der Waals surface area contributed by atoms with Gasteiger partial charge in [-0.05, 0) is 47.3 Å². The summed E-state index contributed by atoms with van der Waals surface area (Å²) in [6.45, 7) is 2.85. The van der Waals surface area contributed by atoms with Crippen LogP contribution in [0.15, 0.2) is 39.8 Å². The molecular weight excluding hydrogens is 354 g/mol. The molecule has 3 heterocycles. The quantitative estimate of drug-likeness (QED) is 0.678. The summed E-state index contributed by atoms with van der Waals surface area (Å²) in [4.78, 5) is 4.19. The van der Waals surface area contributed by atoms with E-state index in [4.69, 9.17) is 9.52 Å². The number of hydrogen-bond acceptors (Lipinski definition) is 3. The SMILES string of the molecule is Cc1c(Br)oc2c1-c1nn(Cc3cccnc3)cc1C1(CC1)C2. The van der Waals surface area contributed by atoms with Gasteiger partial charge in [-0.1, -0.05) is 6.07 Å². The van der Waals surface area contributed by atoms with Crippen molar-refractivity contribution in [2.75, 3.05) is 0 Å². The molecule has 0 amide bonds. The number of pyridine rings is 1. The van der Waals surface area contributed by atoms with Gasteiger partial charge in [0.1, 0.15) is 5.76 Å². The van der Waals surface area contributed by atoms with Crippen molar-refractivity contribution in [2.24, 2.45) is 0 Å². The van der Waals surface area contributed by atoms with E-state index in [9.17, 15) is 0 Å². The Bertz CT molecular complexity index is 906. The fraction of sp³-hybridized carbons (Fsp3) is 0.333. The molecule has 0 aliphatic heterocycles. The van der Waals surface area contributed by atoms with Crippen molar-refractivity contribution in [1.82, 2.24) is 14.8 Å². The molecule has 0 atom stereocenters. The van der Waals surface area contributed by atoms with Crippen LogP contribution in [0.1, 0.15) is 35.3 Å². The largest absolute Gasteiger partial charge is 0.453 e. The minimum absolute atomic E-state index is 0.263. The summed E-state index contributed by atoms with van der Waals surface area (Å²) in [5.74, 6) is 1.09. The van der Waals surface area contributed by atoms with E-state index in [1.54, 1.807) is 6.20 Å². The van der Waals surface area contributed by atoms with E-state index < -0.39 is 0 Å². The van der Waals surface area contributed by atoms with Crippen LogP contribution < -0.4 is 0 Å². The van der Waals surface area contributed by atoms with E-state index in [1.165, 1.54) is 29.5 Å². The van der Waals surface area contributed by atoms with E-state index in [0.717, 1.165) is 34.7 Å². The molecule has 5 rings (SSSR count). The van der Waals surface area contributed by atoms with Crippen molar-refractivity contribution in [3.63, 3.8) is 0 Å². The van der Waals surface area contributed by atoms with Crippen molar-refractivity contribution < 1.29 is 4.42 Å². The van der Waals surface area contributed by atoms with Gasteiger partial charge in [0.25, 0.3) is 0 Å². The average molecular weight is 370 g/mol. The lowest BCUT2D eigenvalue weighted by molar-refractivity contribution is 0.459. The Hall–Kier alpha value is -1.88. The van der Waals surface area contributed by atoms with Crippen molar-refractivity contribution in [3.8, 4) is 11.3 Å². The third kappa shape index (κ3) is 1.96. The Balaban J connectivity index is 1.63. The van der Waals surface area contributed by atoms with E-state index in [2.05, 4.69) is 44.8 Å². The number of rotatable bonds is 2. The van der Waals surface area contributed by atoms with Crippen LogP contribution in [-0.4, -0.2) is 14.8 Å². The molecule has 2 aliphatic carbocycles. The zero-order valence-electron chi connectivity index (χ0n) is 12.8. The number of aromatic nitrogens is 3. The highest BCUT2D eigenvalue weighted by molar-refractivity contribution is 9.10. The predicted molar refractivity (Wildman–Crippen MR) is 90.3 cm³/mol. The zero-order valence-corrected chi connectivity index (χ0v) is 14.4. The van der Waals surface area contributed by atoms with E-state index in [1.807, 2.05) is 12.3 Å². The first-order valence-corrected chi connectivity index (χ1v) is 8.71. The molecule has 4 nitrogen and oxygen atoms in total. The highest BCUT2D eigenvalue weighted by atomic mass is 79.9. The average Bonchev–Trinajstić information content (AvgIpc) is 3.08. The summed E-state index contributed by atoms with van der Waals surface area (Å²) in [5, 5.41) is 4.91. The molecule has 0 N–H and O–H groups in total. The Labute approximate surface area is 142 Å². The molecule has 1 fully saturated rings. The fourth-order valence-corrected chi connectivity index (χ4v) is 4.12. The fourth-order valence-electron chi connectivity index (χ4n) is 3.73. The summed E-state index contributed by atoms with van der Waals surface area (Å²) in [6, 6.07) is 4.06. The van der Waals surface area contributed by atoms with Gasteiger partial charge in [-0.25, -0.2) is 0 Å². The van der Waals surface area contributed by atoms with Gasteiger partial charge in [0.2, 0.25) is 0 Å².